The Morgan fingerprint density at radius 3 is 2.44 bits per heavy atom. The van der Waals surface area contributed by atoms with Gasteiger partial charge in [-0.25, -0.2) is 0 Å². The molecule has 1 aromatic heterocycles. The van der Waals surface area contributed by atoms with Crippen LogP contribution in [-0.4, -0.2) is 32.0 Å². The third-order valence-corrected chi connectivity index (χ3v) is 14.4. The van der Waals surface area contributed by atoms with Crippen LogP contribution in [0.2, 0.25) is 21.6 Å². The van der Waals surface area contributed by atoms with Crippen molar-refractivity contribution < 1.29 is 14.0 Å². The van der Waals surface area contributed by atoms with E-state index in [4.69, 9.17) is 33.0 Å². The van der Waals surface area contributed by atoms with Gasteiger partial charge >= 0.3 is 0 Å². The van der Waals surface area contributed by atoms with Gasteiger partial charge < -0.3 is 19.0 Å². The quantitative estimate of drug-likeness (QED) is 0.167. The van der Waals surface area contributed by atoms with Crippen LogP contribution in [0.4, 0.5) is 0 Å². The Labute approximate surface area is 243 Å². The van der Waals surface area contributed by atoms with Gasteiger partial charge in [-0.3, -0.25) is 4.79 Å². The van der Waals surface area contributed by atoms with Crippen molar-refractivity contribution in [3.63, 3.8) is 0 Å². The second-order valence-electron chi connectivity index (χ2n) is 11.0. The lowest BCUT2D eigenvalue weighted by atomic mass is 10.1. The minimum atomic E-state index is -1.99. The van der Waals surface area contributed by atoms with E-state index in [0.29, 0.717) is 58.0 Å². The number of nitrogens with zero attached hydrogens (tertiary/aromatic N) is 1. The molecule has 8 heteroatoms. The van der Waals surface area contributed by atoms with Crippen LogP contribution in [-0.2, 0) is 17.5 Å². The lowest BCUT2D eigenvalue weighted by molar-refractivity contribution is 0.0949. The summed E-state index contributed by atoms with van der Waals surface area (Å²) in [5, 5.41) is 4.44. The van der Waals surface area contributed by atoms with Crippen molar-refractivity contribution >= 4 is 48.9 Å². The van der Waals surface area contributed by atoms with Crippen LogP contribution in [0.3, 0.4) is 0 Å². The predicted molar refractivity (Wildman–Crippen MR) is 165 cm³/mol. The highest BCUT2D eigenvalue weighted by atomic mass is 35.5. The number of amides is 1. The van der Waals surface area contributed by atoms with Gasteiger partial charge in [-0.05, 0) is 46.5 Å². The summed E-state index contributed by atoms with van der Waals surface area (Å²) in [5.74, 6) is 7.04. The molecule has 1 aliphatic rings. The number of hydrogen-bond donors (Lipinski definition) is 1. The number of rotatable bonds is 8. The summed E-state index contributed by atoms with van der Waals surface area (Å²) in [7, 11) is -1.99. The number of ether oxygens (including phenoxy) is 1. The van der Waals surface area contributed by atoms with Crippen LogP contribution in [0.5, 0.6) is 5.75 Å². The molecule has 39 heavy (non-hydrogen) atoms. The lowest BCUT2D eigenvalue weighted by Crippen LogP contribution is -2.47. The Morgan fingerprint density at radius 2 is 1.79 bits per heavy atom. The lowest BCUT2D eigenvalue weighted by Gasteiger charge is -2.41. The van der Waals surface area contributed by atoms with E-state index in [2.05, 4.69) is 63.3 Å². The molecule has 0 aliphatic carbocycles. The van der Waals surface area contributed by atoms with Gasteiger partial charge in [0.25, 0.3) is 5.91 Å². The fourth-order valence-corrected chi connectivity index (χ4v) is 11.7. The fraction of sp³-hybridized carbons (Fsp3) is 0.419. The summed E-state index contributed by atoms with van der Waals surface area (Å²) in [6.07, 6.45) is 1.83. The number of hydrogen-bond acceptors (Lipinski definition) is 4. The predicted octanol–water partition coefficient (Wildman–Crippen LogP) is 7.89. The molecule has 0 atom stereocenters. The highest BCUT2D eigenvalue weighted by Gasteiger charge is 2.44. The van der Waals surface area contributed by atoms with E-state index in [-0.39, 0.29) is 5.91 Å². The van der Waals surface area contributed by atoms with Crippen molar-refractivity contribution in [1.82, 2.24) is 9.88 Å². The maximum Gasteiger partial charge on any atom is 0.254 e. The van der Waals surface area contributed by atoms with Gasteiger partial charge in [0.05, 0.1) is 28.7 Å². The minimum absolute atomic E-state index is 0.212. The summed E-state index contributed by atoms with van der Waals surface area (Å²) >= 11 is 11.8. The van der Waals surface area contributed by atoms with E-state index >= 15 is 0 Å². The van der Waals surface area contributed by atoms with E-state index in [1.807, 2.05) is 42.6 Å². The van der Waals surface area contributed by atoms with Crippen molar-refractivity contribution in [3.05, 3.63) is 68.8 Å². The van der Waals surface area contributed by atoms with Crippen LogP contribution in [0, 0.1) is 16.4 Å². The van der Waals surface area contributed by atoms with Crippen LogP contribution in [0.25, 0.3) is 10.9 Å². The molecule has 0 radical (unpaired) electrons. The van der Waals surface area contributed by atoms with E-state index < -0.39 is 8.32 Å². The molecule has 1 amide bonds. The Bertz CT molecular complexity index is 1460. The molecule has 1 aliphatic heterocycles. The standard InChI is InChI=1S/C31H37ClN2O3SSi/c1-20(2)39(21(3)4,22(5)6)37-14-7-8-24-16-26-29-28(17-24)36-15-13-34(29)19-27(30(26)38)31(35)33-18-23-9-11-25(32)12-10-23/h9-12,16-17,19-22H,13-15,18H2,1-6H3,(H,33,35). The van der Waals surface area contributed by atoms with Crippen LogP contribution in [0.1, 0.15) is 63.0 Å². The zero-order valence-electron chi connectivity index (χ0n) is 23.6. The van der Waals surface area contributed by atoms with E-state index in [0.717, 1.165) is 27.8 Å². The second-order valence-corrected chi connectivity index (χ2v) is 17.3. The third-order valence-electron chi connectivity index (χ3n) is 7.67. The summed E-state index contributed by atoms with van der Waals surface area (Å²) in [4.78, 5) is 13.2. The average molecular weight is 581 g/mol. The highest BCUT2D eigenvalue weighted by molar-refractivity contribution is 7.71. The molecule has 0 saturated carbocycles. The van der Waals surface area contributed by atoms with E-state index in [1.165, 1.54) is 0 Å². The maximum absolute atomic E-state index is 13.2. The number of benzene rings is 2. The zero-order valence-corrected chi connectivity index (χ0v) is 26.1. The van der Waals surface area contributed by atoms with Gasteiger partial charge in [0.15, 0.2) is 0 Å². The van der Waals surface area contributed by atoms with Crippen molar-refractivity contribution in [1.29, 1.82) is 0 Å². The molecule has 3 aromatic rings. The van der Waals surface area contributed by atoms with Gasteiger partial charge in [0.1, 0.15) is 12.4 Å². The second kappa shape index (κ2) is 12.3. The topological polar surface area (TPSA) is 52.5 Å². The number of pyridine rings is 1. The molecule has 0 saturated heterocycles. The molecule has 0 spiro atoms. The van der Waals surface area contributed by atoms with E-state index in [1.54, 1.807) is 0 Å². The van der Waals surface area contributed by atoms with Crippen molar-refractivity contribution in [2.75, 3.05) is 13.2 Å². The van der Waals surface area contributed by atoms with Gasteiger partial charge in [-0.15, -0.1) is 0 Å². The molecule has 0 unspecified atom stereocenters. The first kappa shape index (κ1) is 29.4. The van der Waals surface area contributed by atoms with Gasteiger partial charge in [0, 0.05) is 28.7 Å². The third kappa shape index (κ3) is 6.10. The number of carbonyl (C=O) groups excluding carboxylic acids is 1. The van der Waals surface area contributed by atoms with Crippen molar-refractivity contribution in [2.24, 2.45) is 0 Å². The molecule has 4 rings (SSSR count). The molecule has 5 nitrogen and oxygen atoms in total. The Hall–Kier alpha value is -2.63. The Morgan fingerprint density at radius 1 is 1.13 bits per heavy atom. The van der Waals surface area contributed by atoms with Crippen molar-refractivity contribution in [3.8, 4) is 17.6 Å². The Balaban J connectivity index is 1.62. The van der Waals surface area contributed by atoms with Gasteiger partial charge in [0.2, 0.25) is 8.32 Å². The zero-order chi connectivity index (χ0) is 28.3. The summed E-state index contributed by atoms with van der Waals surface area (Å²) in [6.45, 7) is 15.6. The van der Waals surface area contributed by atoms with E-state index in [9.17, 15) is 4.79 Å². The first-order valence-corrected chi connectivity index (χ1v) is 16.5. The first-order valence-electron chi connectivity index (χ1n) is 13.5. The largest absolute Gasteiger partial charge is 0.489 e. The number of aromatic nitrogens is 1. The van der Waals surface area contributed by atoms with Crippen molar-refractivity contribution in [2.45, 2.75) is 71.3 Å². The maximum atomic E-state index is 13.2. The monoisotopic (exact) mass is 580 g/mol. The number of halogens is 1. The highest BCUT2D eigenvalue weighted by Crippen LogP contribution is 2.42. The molecule has 0 bridgehead atoms. The number of carbonyl (C=O) groups is 1. The van der Waals surface area contributed by atoms with Gasteiger partial charge in [-0.1, -0.05) is 89.3 Å². The molecular formula is C31H37ClN2O3SSi. The smallest absolute Gasteiger partial charge is 0.254 e. The molecule has 0 fully saturated rings. The van der Waals surface area contributed by atoms with Crippen LogP contribution < -0.4 is 10.1 Å². The molecular weight excluding hydrogens is 544 g/mol. The summed E-state index contributed by atoms with van der Waals surface area (Å²) in [6, 6.07) is 11.3. The molecule has 206 valence electrons. The SMILES string of the molecule is CC(C)[Si](OCC#Cc1cc2c3c(c1)c(=S)c(C(=O)NCc1ccc(Cl)cc1)cn3CCO2)(C(C)C)C(C)C. The summed E-state index contributed by atoms with van der Waals surface area (Å²) < 4.78 is 15.1. The average Bonchev–Trinajstić information content (AvgIpc) is 2.89. The molecule has 2 heterocycles. The molecule has 1 N–H and O–H groups in total. The number of nitrogens with one attached hydrogen (secondary N) is 1. The summed E-state index contributed by atoms with van der Waals surface area (Å²) in [5.41, 5.74) is 4.62. The normalized spacial score (nSPS) is 13.0. The fourth-order valence-electron chi connectivity index (χ4n) is 5.95. The molecule has 2 aromatic carbocycles. The Kier molecular flexibility index (Phi) is 9.23. The minimum Gasteiger partial charge on any atom is -0.489 e. The van der Waals surface area contributed by atoms with Gasteiger partial charge in [-0.2, -0.15) is 0 Å². The first-order chi connectivity index (χ1) is 18.5. The van der Waals surface area contributed by atoms with Crippen LogP contribution in [0.15, 0.2) is 42.6 Å². The van der Waals surface area contributed by atoms with Crippen LogP contribution >= 0.6 is 23.8 Å².